The molecule has 2 N–H and O–H groups in total. The Morgan fingerprint density at radius 2 is 1.85 bits per heavy atom. The molecule has 0 aliphatic heterocycles. The van der Waals surface area contributed by atoms with E-state index in [-0.39, 0.29) is 21.3 Å². The van der Waals surface area contributed by atoms with E-state index in [2.05, 4.69) is 15.3 Å². The number of aromatic nitrogens is 2. The van der Waals surface area contributed by atoms with Crippen molar-refractivity contribution in [1.82, 2.24) is 9.97 Å². The zero-order chi connectivity index (χ0) is 14.8. The summed E-state index contributed by atoms with van der Waals surface area (Å²) in [5.41, 5.74) is 0.225. The first-order valence-electron chi connectivity index (χ1n) is 5.54. The molecular weight excluding hydrogens is 282 g/mol. The number of hydrogen-bond acceptors (Lipinski definition) is 5. The van der Waals surface area contributed by atoms with Gasteiger partial charge in [0.15, 0.2) is 5.03 Å². The minimum absolute atomic E-state index is 0.0231. The Kier molecular flexibility index (Phi) is 3.66. The Morgan fingerprint density at radius 3 is 2.50 bits per heavy atom. The second-order valence-electron chi connectivity index (χ2n) is 3.88. The summed E-state index contributed by atoms with van der Waals surface area (Å²) in [5.74, 6) is 0. The van der Waals surface area contributed by atoms with Gasteiger partial charge in [0.1, 0.15) is 0 Å². The maximum absolute atomic E-state index is 12.5. The van der Waals surface area contributed by atoms with Gasteiger partial charge in [0.05, 0.1) is 16.3 Å². The molecule has 0 unspecified atom stereocenters. The van der Waals surface area contributed by atoms with Gasteiger partial charge in [-0.2, -0.15) is 0 Å². The molecule has 1 aromatic carbocycles. The number of benzene rings is 1. The molecule has 2 aromatic rings. The van der Waals surface area contributed by atoms with Crippen LogP contribution in [0.5, 0.6) is 0 Å². The van der Waals surface area contributed by atoms with Crippen molar-refractivity contribution in [1.29, 1.82) is 0 Å². The van der Waals surface area contributed by atoms with Crippen molar-refractivity contribution < 1.29 is 18.3 Å². The van der Waals surface area contributed by atoms with E-state index in [0.29, 0.717) is 0 Å². The highest BCUT2D eigenvalue weighted by molar-refractivity contribution is 7.91. The van der Waals surface area contributed by atoms with Gasteiger partial charge in [-0.05, 0) is 19.1 Å². The average molecular weight is 293 g/mol. The van der Waals surface area contributed by atoms with Crippen molar-refractivity contribution in [3.63, 3.8) is 0 Å². The van der Waals surface area contributed by atoms with Gasteiger partial charge in [0, 0.05) is 12.4 Å². The van der Waals surface area contributed by atoms with Crippen LogP contribution in [0.2, 0.25) is 0 Å². The minimum Gasteiger partial charge on any atom is -0.465 e. The summed E-state index contributed by atoms with van der Waals surface area (Å²) < 4.78 is 25.0. The molecule has 1 heterocycles. The Bertz CT molecular complexity index is 759. The van der Waals surface area contributed by atoms with Crippen LogP contribution in [0.4, 0.5) is 10.5 Å². The van der Waals surface area contributed by atoms with E-state index in [0.717, 1.165) is 0 Å². The van der Waals surface area contributed by atoms with Crippen LogP contribution in [0.3, 0.4) is 0 Å². The van der Waals surface area contributed by atoms with Crippen molar-refractivity contribution in [2.45, 2.75) is 16.8 Å². The van der Waals surface area contributed by atoms with E-state index < -0.39 is 15.9 Å². The summed E-state index contributed by atoms with van der Waals surface area (Å²) in [6.07, 6.45) is 1.31. The van der Waals surface area contributed by atoms with Gasteiger partial charge in [0.2, 0.25) is 9.84 Å². The standard InChI is InChI=1S/C12H11N3O4S/c1-8-11(14-7-6-13-8)20(18,19)10-5-3-2-4-9(10)15-12(16)17/h2-7,15H,1H3,(H,16,17). The first kappa shape index (κ1) is 13.9. The molecule has 0 radical (unpaired) electrons. The lowest BCUT2D eigenvalue weighted by atomic mass is 10.3. The molecule has 0 atom stereocenters. The largest absolute Gasteiger partial charge is 0.465 e. The molecule has 0 fully saturated rings. The smallest absolute Gasteiger partial charge is 0.409 e. The number of para-hydroxylation sites is 1. The van der Waals surface area contributed by atoms with E-state index in [4.69, 9.17) is 5.11 Å². The molecule has 7 nitrogen and oxygen atoms in total. The summed E-state index contributed by atoms with van der Waals surface area (Å²) in [6.45, 7) is 1.52. The average Bonchev–Trinajstić information content (AvgIpc) is 2.38. The van der Waals surface area contributed by atoms with Gasteiger partial charge in [-0.15, -0.1) is 0 Å². The number of aryl methyl sites for hydroxylation is 1. The van der Waals surface area contributed by atoms with Crippen molar-refractivity contribution in [3.05, 3.63) is 42.4 Å². The molecule has 2 rings (SSSR count). The SMILES string of the molecule is Cc1nccnc1S(=O)(=O)c1ccccc1NC(=O)O. The third-order valence-corrected chi connectivity index (χ3v) is 4.35. The van der Waals surface area contributed by atoms with Gasteiger partial charge in [0.25, 0.3) is 0 Å². The van der Waals surface area contributed by atoms with Crippen LogP contribution >= 0.6 is 0 Å². The van der Waals surface area contributed by atoms with Gasteiger partial charge < -0.3 is 5.11 Å². The third kappa shape index (κ3) is 2.59. The number of nitrogens with one attached hydrogen (secondary N) is 1. The molecule has 104 valence electrons. The molecule has 0 spiro atoms. The monoisotopic (exact) mass is 293 g/mol. The number of rotatable bonds is 3. The summed E-state index contributed by atoms with van der Waals surface area (Å²) in [7, 11) is -3.95. The van der Waals surface area contributed by atoms with E-state index in [1.165, 1.54) is 43.6 Å². The molecule has 0 saturated carbocycles. The highest BCUT2D eigenvalue weighted by Gasteiger charge is 2.25. The van der Waals surface area contributed by atoms with Crippen molar-refractivity contribution >= 4 is 21.6 Å². The lowest BCUT2D eigenvalue weighted by Gasteiger charge is -2.10. The van der Waals surface area contributed by atoms with Crippen LogP contribution < -0.4 is 5.32 Å². The van der Waals surface area contributed by atoms with Gasteiger partial charge in [-0.25, -0.2) is 18.2 Å². The minimum atomic E-state index is -3.95. The topological polar surface area (TPSA) is 109 Å². The van der Waals surface area contributed by atoms with Crippen LogP contribution in [-0.4, -0.2) is 29.6 Å². The fraction of sp³-hybridized carbons (Fsp3) is 0.0833. The van der Waals surface area contributed by atoms with Gasteiger partial charge in [-0.3, -0.25) is 10.3 Å². The van der Waals surface area contributed by atoms with E-state index in [1.807, 2.05) is 0 Å². The van der Waals surface area contributed by atoms with Crippen molar-refractivity contribution in [2.24, 2.45) is 0 Å². The summed E-state index contributed by atoms with van der Waals surface area (Å²) >= 11 is 0. The van der Waals surface area contributed by atoms with Crippen LogP contribution in [-0.2, 0) is 9.84 Å². The van der Waals surface area contributed by atoms with Crippen LogP contribution in [0, 0.1) is 6.92 Å². The molecule has 0 bridgehead atoms. The normalized spacial score (nSPS) is 11.1. The Hall–Kier alpha value is -2.48. The first-order valence-corrected chi connectivity index (χ1v) is 7.03. The lowest BCUT2D eigenvalue weighted by molar-refractivity contribution is 0.209. The Balaban J connectivity index is 2.62. The van der Waals surface area contributed by atoms with Crippen LogP contribution in [0.15, 0.2) is 46.6 Å². The zero-order valence-electron chi connectivity index (χ0n) is 10.4. The van der Waals surface area contributed by atoms with E-state index in [9.17, 15) is 13.2 Å². The van der Waals surface area contributed by atoms with Crippen LogP contribution in [0.1, 0.15) is 5.69 Å². The summed E-state index contributed by atoms with van der Waals surface area (Å²) in [4.78, 5) is 18.3. The third-order valence-electron chi connectivity index (χ3n) is 2.51. The lowest BCUT2D eigenvalue weighted by Crippen LogP contribution is -2.14. The number of nitrogens with zero attached hydrogens (tertiary/aromatic N) is 2. The van der Waals surface area contributed by atoms with Crippen molar-refractivity contribution in [3.8, 4) is 0 Å². The molecule has 0 saturated heterocycles. The predicted octanol–water partition coefficient (Wildman–Crippen LogP) is 1.71. The number of carbonyl (C=O) groups is 1. The summed E-state index contributed by atoms with van der Waals surface area (Å²) in [5, 5.41) is 10.6. The van der Waals surface area contributed by atoms with E-state index in [1.54, 1.807) is 0 Å². The highest BCUT2D eigenvalue weighted by atomic mass is 32.2. The number of sulfone groups is 1. The van der Waals surface area contributed by atoms with E-state index >= 15 is 0 Å². The molecule has 8 heteroatoms. The first-order chi connectivity index (χ1) is 9.43. The van der Waals surface area contributed by atoms with Gasteiger partial charge >= 0.3 is 6.09 Å². The molecule has 1 amide bonds. The number of carboxylic acid groups (broad SMARTS) is 1. The fourth-order valence-electron chi connectivity index (χ4n) is 1.68. The molecule has 0 aliphatic rings. The number of amides is 1. The molecule has 1 aromatic heterocycles. The quantitative estimate of drug-likeness (QED) is 0.891. The fourth-order valence-corrected chi connectivity index (χ4v) is 3.20. The number of hydrogen-bond donors (Lipinski definition) is 2. The van der Waals surface area contributed by atoms with Crippen molar-refractivity contribution in [2.75, 3.05) is 5.32 Å². The molecule has 0 aliphatic carbocycles. The summed E-state index contributed by atoms with van der Waals surface area (Å²) in [6, 6.07) is 5.72. The highest BCUT2D eigenvalue weighted by Crippen LogP contribution is 2.27. The predicted molar refractivity (Wildman–Crippen MR) is 70.3 cm³/mol. The maximum atomic E-state index is 12.5. The molecular formula is C12H11N3O4S. The molecule has 20 heavy (non-hydrogen) atoms. The maximum Gasteiger partial charge on any atom is 0.409 e. The second kappa shape index (κ2) is 5.25. The Morgan fingerprint density at radius 1 is 1.20 bits per heavy atom. The second-order valence-corrected chi connectivity index (χ2v) is 5.71. The van der Waals surface area contributed by atoms with Gasteiger partial charge in [-0.1, -0.05) is 12.1 Å². The Labute approximate surface area is 115 Å². The zero-order valence-corrected chi connectivity index (χ0v) is 11.3. The number of anilines is 1. The van der Waals surface area contributed by atoms with Crippen LogP contribution in [0.25, 0.3) is 0 Å².